The molecule has 0 spiro atoms. The number of nitrogens with zero attached hydrogens (tertiary/aromatic N) is 4. The number of esters is 2. The Morgan fingerprint density at radius 1 is 1.23 bits per heavy atom. The van der Waals surface area contributed by atoms with Gasteiger partial charge in [0.2, 0.25) is 0 Å². The summed E-state index contributed by atoms with van der Waals surface area (Å²) >= 11 is 0. The standard InChI is InChI=1S/C19H22N4O8/c1-10(24)28-7-11-14-15(31-19(2,3)30-14)18(29-11)23-9-20-13-16(23)21-8-22(17(13)26)6-5-12(25)27-4/h5-6,8-9,11,14-15,18H,7H2,1-4H3/b6-5+/t11-,14-,15-,18-/m1/s1. The molecule has 2 aromatic rings. The largest absolute Gasteiger partial charge is 0.466 e. The third kappa shape index (κ3) is 3.96. The van der Waals surface area contributed by atoms with Gasteiger partial charge in [-0.25, -0.2) is 14.8 Å². The Kier molecular flexibility index (Phi) is 5.37. The Bertz CT molecular complexity index is 1100. The molecule has 2 fully saturated rings. The van der Waals surface area contributed by atoms with Crippen LogP contribution in [0.2, 0.25) is 0 Å². The van der Waals surface area contributed by atoms with Crippen LogP contribution in [-0.4, -0.2) is 68.9 Å². The SMILES string of the molecule is COC(=O)/C=C/n1cnc2c(ncn2[C@@H]2O[C@H](COC(C)=O)[C@H]3OC(C)(C)O[C@H]32)c1=O. The van der Waals surface area contributed by atoms with E-state index in [0.29, 0.717) is 0 Å². The van der Waals surface area contributed by atoms with Gasteiger partial charge >= 0.3 is 11.9 Å². The lowest BCUT2D eigenvalue weighted by molar-refractivity contribution is -0.201. The number of carbonyl (C=O) groups excluding carboxylic acids is 2. The number of carbonyl (C=O) groups is 2. The van der Waals surface area contributed by atoms with Crippen molar-refractivity contribution in [2.75, 3.05) is 13.7 Å². The van der Waals surface area contributed by atoms with E-state index < -0.39 is 47.8 Å². The van der Waals surface area contributed by atoms with Gasteiger partial charge in [0.05, 0.1) is 13.4 Å². The van der Waals surface area contributed by atoms with Crippen LogP contribution in [0.3, 0.4) is 0 Å². The van der Waals surface area contributed by atoms with Crippen LogP contribution < -0.4 is 5.56 Å². The van der Waals surface area contributed by atoms with Crippen LogP contribution in [0.15, 0.2) is 23.5 Å². The topological polar surface area (TPSA) is 133 Å². The van der Waals surface area contributed by atoms with Gasteiger partial charge in [-0.1, -0.05) is 0 Å². The molecule has 2 saturated heterocycles. The number of rotatable bonds is 5. The first-order chi connectivity index (χ1) is 14.7. The van der Waals surface area contributed by atoms with Crippen molar-refractivity contribution in [3.63, 3.8) is 0 Å². The first kappa shape index (κ1) is 21.2. The summed E-state index contributed by atoms with van der Waals surface area (Å²) in [4.78, 5) is 43.7. The molecular formula is C19H22N4O8. The van der Waals surface area contributed by atoms with Crippen LogP contribution in [0.1, 0.15) is 27.0 Å². The molecule has 0 N–H and O–H groups in total. The highest BCUT2D eigenvalue weighted by molar-refractivity contribution is 5.85. The van der Waals surface area contributed by atoms with E-state index in [2.05, 4.69) is 14.7 Å². The molecule has 31 heavy (non-hydrogen) atoms. The molecule has 166 valence electrons. The van der Waals surface area contributed by atoms with Crippen molar-refractivity contribution in [2.45, 2.75) is 51.1 Å². The van der Waals surface area contributed by atoms with Crippen molar-refractivity contribution in [2.24, 2.45) is 0 Å². The Morgan fingerprint density at radius 2 is 1.97 bits per heavy atom. The highest BCUT2D eigenvalue weighted by Crippen LogP contribution is 2.43. The zero-order valence-electron chi connectivity index (χ0n) is 17.4. The third-order valence-corrected chi connectivity index (χ3v) is 4.93. The van der Waals surface area contributed by atoms with Gasteiger partial charge in [0.15, 0.2) is 23.2 Å². The van der Waals surface area contributed by atoms with Crippen LogP contribution in [0.4, 0.5) is 0 Å². The summed E-state index contributed by atoms with van der Waals surface area (Å²) in [6, 6.07) is 0. The summed E-state index contributed by atoms with van der Waals surface area (Å²) in [7, 11) is 1.23. The van der Waals surface area contributed by atoms with Crippen molar-refractivity contribution < 1.29 is 33.3 Å². The minimum Gasteiger partial charge on any atom is -0.466 e. The number of ether oxygens (including phenoxy) is 5. The predicted octanol–water partition coefficient (Wildman–Crippen LogP) is 0.217. The fourth-order valence-electron chi connectivity index (χ4n) is 3.64. The lowest BCUT2D eigenvalue weighted by Gasteiger charge is -2.24. The van der Waals surface area contributed by atoms with E-state index in [1.54, 1.807) is 18.4 Å². The molecule has 0 amide bonds. The normalized spacial score (nSPS) is 27.0. The van der Waals surface area contributed by atoms with Gasteiger partial charge < -0.3 is 23.7 Å². The molecule has 0 radical (unpaired) electrons. The number of hydrogen-bond acceptors (Lipinski definition) is 10. The molecule has 0 saturated carbocycles. The zero-order valence-corrected chi connectivity index (χ0v) is 17.4. The molecule has 4 heterocycles. The van der Waals surface area contributed by atoms with E-state index >= 15 is 0 Å². The van der Waals surface area contributed by atoms with Gasteiger partial charge in [-0.2, -0.15) is 0 Å². The summed E-state index contributed by atoms with van der Waals surface area (Å²) in [5.41, 5.74) is -0.115. The summed E-state index contributed by atoms with van der Waals surface area (Å²) in [5.74, 6) is -1.90. The van der Waals surface area contributed by atoms with E-state index in [-0.39, 0.29) is 17.8 Å². The molecule has 2 aliphatic rings. The minimum absolute atomic E-state index is 0.00235. The van der Waals surface area contributed by atoms with Gasteiger partial charge in [0.25, 0.3) is 5.56 Å². The Hall–Kier alpha value is -3.09. The number of fused-ring (bicyclic) bond motifs is 2. The highest BCUT2D eigenvalue weighted by atomic mass is 16.8. The van der Waals surface area contributed by atoms with Crippen molar-refractivity contribution >= 4 is 29.3 Å². The molecule has 0 aliphatic carbocycles. The summed E-state index contributed by atoms with van der Waals surface area (Å²) in [6.45, 7) is 4.87. The maximum absolute atomic E-state index is 12.7. The van der Waals surface area contributed by atoms with Crippen molar-refractivity contribution in [3.05, 3.63) is 29.1 Å². The van der Waals surface area contributed by atoms with Gasteiger partial charge in [-0.05, 0) is 13.8 Å². The van der Waals surface area contributed by atoms with E-state index in [4.69, 9.17) is 18.9 Å². The van der Waals surface area contributed by atoms with Crippen molar-refractivity contribution in [1.82, 2.24) is 19.1 Å². The molecule has 4 atom stereocenters. The second-order valence-electron chi connectivity index (χ2n) is 7.55. The van der Waals surface area contributed by atoms with Gasteiger partial charge in [0, 0.05) is 19.2 Å². The van der Waals surface area contributed by atoms with E-state index in [0.717, 1.165) is 10.6 Å². The fraction of sp³-hybridized carbons (Fsp3) is 0.526. The Balaban J connectivity index is 1.67. The van der Waals surface area contributed by atoms with E-state index in [1.165, 1.54) is 32.9 Å². The third-order valence-electron chi connectivity index (χ3n) is 4.93. The van der Waals surface area contributed by atoms with Crippen LogP contribution in [0, 0.1) is 0 Å². The number of imidazole rings is 1. The summed E-state index contributed by atoms with van der Waals surface area (Å²) in [6.07, 6.45) is 2.75. The quantitative estimate of drug-likeness (QED) is 0.475. The van der Waals surface area contributed by atoms with Gasteiger partial charge in [0.1, 0.15) is 31.2 Å². The van der Waals surface area contributed by atoms with Crippen molar-refractivity contribution in [3.8, 4) is 0 Å². The second-order valence-corrected chi connectivity index (χ2v) is 7.55. The molecule has 0 aromatic carbocycles. The van der Waals surface area contributed by atoms with Gasteiger partial charge in [-0.3, -0.25) is 18.7 Å². The smallest absolute Gasteiger partial charge is 0.331 e. The molecule has 12 nitrogen and oxygen atoms in total. The first-order valence-electron chi connectivity index (χ1n) is 9.54. The van der Waals surface area contributed by atoms with E-state index in [1.807, 2.05) is 0 Å². The monoisotopic (exact) mass is 434 g/mol. The fourth-order valence-corrected chi connectivity index (χ4v) is 3.64. The molecular weight excluding hydrogens is 412 g/mol. The zero-order chi connectivity index (χ0) is 22.3. The Labute approximate surface area is 176 Å². The second kappa shape index (κ2) is 7.87. The molecule has 4 rings (SSSR count). The molecule has 2 aromatic heterocycles. The average Bonchev–Trinajstić information content (AvgIpc) is 3.36. The van der Waals surface area contributed by atoms with Crippen LogP contribution in [0.5, 0.6) is 0 Å². The summed E-state index contributed by atoms with van der Waals surface area (Å²) < 4.78 is 30.4. The van der Waals surface area contributed by atoms with Crippen molar-refractivity contribution in [1.29, 1.82) is 0 Å². The maximum Gasteiger partial charge on any atom is 0.331 e. The maximum atomic E-state index is 12.7. The lowest BCUT2D eigenvalue weighted by Crippen LogP contribution is -2.33. The minimum atomic E-state index is -0.860. The first-order valence-corrected chi connectivity index (χ1v) is 9.54. The van der Waals surface area contributed by atoms with Crippen LogP contribution in [0.25, 0.3) is 17.4 Å². The number of methoxy groups -OCH3 is 1. The molecule has 0 unspecified atom stereocenters. The van der Waals surface area contributed by atoms with Crippen LogP contribution >= 0.6 is 0 Å². The number of aromatic nitrogens is 4. The van der Waals surface area contributed by atoms with Crippen LogP contribution in [-0.2, 0) is 33.3 Å². The predicted molar refractivity (Wildman–Crippen MR) is 104 cm³/mol. The number of hydrogen-bond donors (Lipinski definition) is 0. The molecule has 0 bridgehead atoms. The Morgan fingerprint density at radius 3 is 2.68 bits per heavy atom. The molecule has 12 heteroatoms. The lowest BCUT2D eigenvalue weighted by atomic mass is 10.1. The van der Waals surface area contributed by atoms with Gasteiger partial charge in [-0.15, -0.1) is 0 Å². The van der Waals surface area contributed by atoms with E-state index in [9.17, 15) is 14.4 Å². The average molecular weight is 434 g/mol. The summed E-state index contributed by atoms with van der Waals surface area (Å²) in [5, 5.41) is 0. The molecule has 2 aliphatic heterocycles. The highest BCUT2D eigenvalue weighted by Gasteiger charge is 2.56.